The van der Waals surface area contributed by atoms with Gasteiger partial charge in [0.2, 0.25) is 0 Å². The van der Waals surface area contributed by atoms with Gasteiger partial charge in [0, 0.05) is 64.2 Å². The Morgan fingerprint density at radius 1 is 1.26 bits per heavy atom. The summed E-state index contributed by atoms with van der Waals surface area (Å²) in [7, 11) is 2.19. The lowest BCUT2D eigenvalue weighted by molar-refractivity contribution is -0.0460. The van der Waals surface area contributed by atoms with E-state index in [-0.39, 0.29) is 0 Å². The first-order valence-electron chi connectivity index (χ1n) is 8.92. The van der Waals surface area contributed by atoms with Crippen molar-refractivity contribution in [3.63, 3.8) is 0 Å². The molecule has 0 N–H and O–H groups in total. The summed E-state index contributed by atoms with van der Waals surface area (Å²) >= 11 is 0. The van der Waals surface area contributed by atoms with Gasteiger partial charge in [0.15, 0.2) is 0 Å². The van der Waals surface area contributed by atoms with Crippen molar-refractivity contribution in [3.05, 3.63) is 18.2 Å². The summed E-state index contributed by atoms with van der Waals surface area (Å²) in [5, 5.41) is 0. The summed E-state index contributed by atoms with van der Waals surface area (Å²) in [6, 6.07) is 0.562. The van der Waals surface area contributed by atoms with Gasteiger partial charge >= 0.3 is 0 Å². The molecule has 23 heavy (non-hydrogen) atoms. The third kappa shape index (κ3) is 4.32. The highest BCUT2D eigenvalue weighted by molar-refractivity contribution is 4.94. The zero-order valence-corrected chi connectivity index (χ0v) is 14.8. The number of imidazole rings is 1. The van der Waals surface area contributed by atoms with Crippen LogP contribution in [0.2, 0.25) is 0 Å². The Morgan fingerprint density at radius 2 is 2.13 bits per heavy atom. The largest absolute Gasteiger partial charge is 0.374 e. The van der Waals surface area contributed by atoms with E-state index in [4.69, 9.17) is 4.74 Å². The first kappa shape index (κ1) is 16.9. The fraction of sp³-hybridized carbons (Fsp3) is 0.824. The first-order chi connectivity index (χ1) is 11.2. The molecule has 3 heterocycles. The zero-order valence-electron chi connectivity index (χ0n) is 14.8. The number of nitrogens with zero attached hydrogens (tertiary/aromatic N) is 5. The monoisotopic (exact) mass is 321 g/mol. The Bertz CT molecular complexity index is 491. The predicted molar refractivity (Wildman–Crippen MR) is 91.5 cm³/mol. The van der Waals surface area contributed by atoms with Gasteiger partial charge in [-0.25, -0.2) is 4.98 Å². The average Bonchev–Trinajstić information content (AvgIpc) is 2.97. The van der Waals surface area contributed by atoms with E-state index in [0.29, 0.717) is 12.1 Å². The van der Waals surface area contributed by atoms with Crippen LogP contribution >= 0.6 is 0 Å². The summed E-state index contributed by atoms with van der Waals surface area (Å²) in [6.07, 6.45) is 4.36. The molecule has 6 heteroatoms. The number of hydrogen-bond acceptors (Lipinski definition) is 5. The van der Waals surface area contributed by atoms with Crippen molar-refractivity contribution in [2.24, 2.45) is 0 Å². The molecule has 0 aromatic carbocycles. The minimum absolute atomic E-state index is 0.367. The molecule has 130 valence electrons. The standard InChI is InChI=1S/C17H31N5O/c1-4-21-6-5-18-17(21)14-22-8-7-20(11-15(22)2)13-16-12-19(3)9-10-23-16/h5-6,15-16H,4,7-14H2,1-3H3/t15-,16+/m1/s1. The van der Waals surface area contributed by atoms with Crippen molar-refractivity contribution < 1.29 is 4.74 Å². The topological polar surface area (TPSA) is 36.8 Å². The van der Waals surface area contributed by atoms with E-state index in [1.54, 1.807) is 0 Å². The number of aromatic nitrogens is 2. The quantitative estimate of drug-likeness (QED) is 0.799. The fourth-order valence-electron chi connectivity index (χ4n) is 3.70. The van der Waals surface area contributed by atoms with Gasteiger partial charge in [-0.15, -0.1) is 0 Å². The third-order valence-corrected chi connectivity index (χ3v) is 5.14. The van der Waals surface area contributed by atoms with Crippen LogP contribution in [-0.2, 0) is 17.8 Å². The lowest BCUT2D eigenvalue weighted by atomic mass is 10.1. The van der Waals surface area contributed by atoms with Crippen molar-refractivity contribution in [3.8, 4) is 0 Å². The summed E-state index contributed by atoms with van der Waals surface area (Å²) in [5.41, 5.74) is 0. The lowest BCUT2D eigenvalue weighted by Crippen LogP contribution is -2.55. The maximum atomic E-state index is 5.92. The van der Waals surface area contributed by atoms with Crippen LogP contribution in [0.25, 0.3) is 0 Å². The summed E-state index contributed by atoms with van der Waals surface area (Å²) in [6.45, 7) is 13.9. The Kier molecular flexibility index (Phi) is 5.69. The minimum Gasteiger partial charge on any atom is -0.374 e. The SMILES string of the molecule is CCn1ccnc1CN1CCN(C[C@@H]2CN(C)CCO2)C[C@H]1C. The maximum Gasteiger partial charge on any atom is 0.122 e. The van der Waals surface area contributed by atoms with Gasteiger partial charge in [0.25, 0.3) is 0 Å². The Hall–Kier alpha value is -0.950. The molecule has 0 aliphatic carbocycles. The molecule has 1 aromatic rings. The number of hydrogen-bond donors (Lipinski definition) is 0. The lowest BCUT2D eigenvalue weighted by Gasteiger charge is -2.42. The Morgan fingerprint density at radius 3 is 2.87 bits per heavy atom. The molecule has 0 bridgehead atoms. The number of rotatable bonds is 5. The highest BCUT2D eigenvalue weighted by Gasteiger charge is 2.27. The molecule has 6 nitrogen and oxygen atoms in total. The summed E-state index contributed by atoms with van der Waals surface area (Å²) in [4.78, 5) is 12.0. The van der Waals surface area contributed by atoms with Crippen molar-refractivity contribution in [1.82, 2.24) is 24.3 Å². The van der Waals surface area contributed by atoms with Gasteiger partial charge in [0.1, 0.15) is 5.82 Å². The predicted octanol–water partition coefficient (Wildman–Crippen LogP) is 0.740. The highest BCUT2D eigenvalue weighted by atomic mass is 16.5. The first-order valence-corrected chi connectivity index (χ1v) is 8.92. The van der Waals surface area contributed by atoms with Crippen LogP contribution in [0, 0.1) is 0 Å². The van der Waals surface area contributed by atoms with Crippen LogP contribution < -0.4 is 0 Å². The fourth-order valence-corrected chi connectivity index (χ4v) is 3.70. The van der Waals surface area contributed by atoms with Crippen molar-refractivity contribution in [1.29, 1.82) is 0 Å². The van der Waals surface area contributed by atoms with Crippen LogP contribution in [0.3, 0.4) is 0 Å². The molecule has 2 atom stereocenters. The van der Waals surface area contributed by atoms with Crippen LogP contribution in [0.15, 0.2) is 12.4 Å². The molecular weight excluding hydrogens is 290 g/mol. The van der Waals surface area contributed by atoms with Crippen molar-refractivity contribution >= 4 is 0 Å². The number of morpholine rings is 1. The third-order valence-electron chi connectivity index (χ3n) is 5.14. The van der Waals surface area contributed by atoms with E-state index in [0.717, 1.165) is 59.0 Å². The van der Waals surface area contributed by atoms with Gasteiger partial charge in [-0.1, -0.05) is 0 Å². The van der Waals surface area contributed by atoms with Crippen molar-refractivity contribution in [2.75, 3.05) is 52.9 Å². The van der Waals surface area contributed by atoms with E-state index in [1.807, 2.05) is 6.20 Å². The van der Waals surface area contributed by atoms with Gasteiger partial charge in [-0.05, 0) is 20.9 Å². The number of ether oxygens (including phenoxy) is 1. The second-order valence-corrected chi connectivity index (χ2v) is 6.96. The molecule has 0 amide bonds. The van der Waals surface area contributed by atoms with Crippen molar-refractivity contribution in [2.45, 2.75) is 39.1 Å². The van der Waals surface area contributed by atoms with Crippen LogP contribution in [0.5, 0.6) is 0 Å². The van der Waals surface area contributed by atoms with E-state index in [1.165, 1.54) is 5.82 Å². The van der Waals surface area contributed by atoms with Gasteiger partial charge in [-0.2, -0.15) is 0 Å². The smallest absolute Gasteiger partial charge is 0.122 e. The molecule has 3 rings (SSSR count). The van der Waals surface area contributed by atoms with E-state index < -0.39 is 0 Å². The molecule has 0 saturated carbocycles. The van der Waals surface area contributed by atoms with Gasteiger partial charge in [0.05, 0.1) is 19.3 Å². The van der Waals surface area contributed by atoms with Gasteiger partial charge < -0.3 is 14.2 Å². The van der Waals surface area contributed by atoms with Crippen LogP contribution in [0.1, 0.15) is 19.7 Å². The highest BCUT2D eigenvalue weighted by Crippen LogP contribution is 2.15. The molecule has 2 aliphatic heterocycles. The molecule has 0 spiro atoms. The molecule has 2 fully saturated rings. The minimum atomic E-state index is 0.367. The van der Waals surface area contributed by atoms with E-state index in [2.05, 4.69) is 51.3 Å². The normalized spacial score (nSPS) is 28.3. The summed E-state index contributed by atoms with van der Waals surface area (Å²) < 4.78 is 8.16. The second-order valence-electron chi connectivity index (χ2n) is 6.96. The van der Waals surface area contributed by atoms with Crippen LogP contribution in [-0.4, -0.2) is 89.3 Å². The Balaban J connectivity index is 1.49. The number of aryl methyl sites for hydroxylation is 1. The van der Waals surface area contributed by atoms with E-state index >= 15 is 0 Å². The molecular formula is C17H31N5O. The maximum absolute atomic E-state index is 5.92. The molecule has 2 saturated heterocycles. The zero-order chi connectivity index (χ0) is 16.2. The van der Waals surface area contributed by atoms with Gasteiger partial charge in [-0.3, -0.25) is 9.80 Å². The average molecular weight is 321 g/mol. The second kappa shape index (κ2) is 7.75. The molecule has 2 aliphatic rings. The van der Waals surface area contributed by atoms with Crippen LogP contribution in [0.4, 0.5) is 0 Å². The Labute approximate surface area is 140 Å². The number of piperazine rings is 1. The summed E-state index contributed by atoms with van der Waals surface area (Å²) in [5.74, 6) is 1.19. The molecule has 1 aromatic heterocycles. The number of likely N-dealkylation sites (N-methyl/N-ethyl adjacent to an activating group) is 1. The molecule has 0 unspecified atom stereocenters. The van der Waals surface area contributed by atoms with E-state index in [9.17, 15) is 0 Å². The molecule has 0 radical (unpaired) electrons.